The third-order valence-corrected chi connectivity index (χ3v) is 3.01. The molecule has 17 heavy (non-hydrogen) atoms. The quantitative estimate of drug-likeness (QED) is 0.515. The summed E-state index contributed by atoms with van der Waals surface area (Å²) in [5, 5.41) is 13.0. The molecule has 0 atom stereocenters. The summed E-state index contributed by atoms with van der Waals surface area (Å²) in [6.45, 7) is 2.95. The molecular formula is C11H18N2O4. The van der Waals surface area contributed by atoms with Crippen molar-refractivity contribution >= 4 is 17.8 Å². The van der Waals surface area contributed by atoms with Crippen molar-refractivity contribution in [1.82, 2.24) is 10.6 Å². The topological polar surface area (TPSA) is 95.5 Å². The largest absolute Gasteiger partial charge is 0.481 e. The Labute approximate surface area is 99.8 Å². The van der Waals surface area contributed by atoms with Gasteiger partial charge in [-0.1, -0.05) is 0 Å². The molecule has 0 unspecified atom stereocenters. The van der Waals surface area contributed by atoms with Crippen LogP contribution in [0.5, 0.6) is 0 Å². The maximum Gasteiger partial charge on any atom is 0.300 e. The monoisotopic (exact) mass is 242 g/mol. The molecule has 1 spiro atoms. The lowest BCUT2D eigenvalue weighted by Gasteiger charge is -2.39. The molecule has 6 nitrogen and oxygen atoms in total. The number of carbonyl (C=O) groups excluding carboxylic acids is 2. The Bertz CT molecular complexity index is 299. The zero-order valence-corrected chi connectivity index (χ0v) is 9.91. The third kappa shape index (κ3) is 4.52. The number of rotatable bonds is 0. The van der Waals surface area contributed by atoms with E-state index >= 15 is 0 Å². The van der Waals surface area contributed by atoms with Gasteiger partial charge in [-0.3, -0.25) is 19.7 Å². The number of hydrogen-bond donors (Lipinski definition) is 3. The van der Waals surface area contributed by atoms with Crippen molar-refractivity contribution in [3.63, 3.8) is 0 Å². The van der Waals surface area contributed by atoms with Crippen LogP contribution in [0.4, 0.5) is 0 Å². The van der Waals surface area contributed by atoms with Crippen molar-refractivity contribution in [3.8, 4) is 0 Å². The van der Waals surface area contributed by atoms with E-state index in [1.807, 2.05) is 0 Å². The van der Waals surface area contributed by atoms with Crippen LogP contribution in [0.25, 0.3) is 0 Å². The van der Waals surface area contributed by atoms with Crippen molar-refractivity contribution in [2.45, 2.75) is 32.6 Å². The number of amides is 2. The van der Waals surface area contributed by atoms with Crippen LogP contribution >= 0.6 is 0 Å². The van der Waals surface area contributed by atoms with Crippen LogP contribution in [0, 0.1) is 5.41 Å². The van der Waals surface area contributed by atoms with Gasteiger partial charge in [0.2, 0.25) is 11.8 Å². The van der Waals surface area contributed by atoms with E-state index in [2.05, 4.69) is 10.6 Å². The van der Waals surface area contributed by atoms with Gasteiger partial charge < -0.3 is 10.4 Å². The first-order valence-electron chi connectivity index (χ1n) is 5.66. The average molecular weight is 242 g/mol. The Morgan fingerprint density at radius 1 is 1.18 bits per heavy atom. The number of carboxylic acids is 1. The van der Waals surface area contributed by atoms with Crippen molar-refractivity contribution < 1.29 is 19.5 Å². The van der Waals surface area contributed by atoms with Gasteiger partial charge in [-0.2, -0.15) is 0 Å². The Morgan fingerprint density at radius 2 is 1.59 bits per heavy atom. The van der Waals surface area contributed by atoms with Crippen molar-refractivity contribution in [2.24, 2.45) is 5.41 Å². The lowest BCUT2D eigenvalue weighted by atomic mass is 9.71. The molecule has 3 N–H and O–H groups in total. The second-order valence-electron chi connectivity index (χ2n) is 4.59. The van der Waals surface area contributed by atoms with Gasteiger partial charge in [-0.05, 0) is 31.3 Å². The van der Waals surface area contributed by atoms with E-state index in [-0.39, 0.29) is 17.2 Å². The molecule has 2 aliphatic heterocycles. The predicted molar refractivity (Wildman–Crippen MR) is 60.2 cm³/mol. The Morgan fingerprint density at radius 3 is 2.00 bits per heavy atom. The molecule has 0 radical (unpaired) electrons. The van der Waals surface area contributed by atoms with Gasteiger partial charge in [0, 0.05) is 19.8 Å². The highest BCUT2D eigenvalue weighted by atomic mass is 16.4. The molecule has 0 saturated carbocycles. The summed E-state index contributed by atoms with van der Waals surface area (Å²) in [7, 11) is 0. The molecule has 0 aromatic rings. The van der Waals surface area contributed by atoms with Gasteiger partial charge in [-0.25, -0.2) is 0 Å². The van der Waals surface area contributed by atoms with Gasteiger partial charge >= 0.3 is 0 Å². The highest BCUT2D eigenvalue weighted by Gasteiger charge is 2.40. The molecule has 2 amide bonds. The van der Waals surface area contributed by atoms with E-state index in [0.29, 0.717) is 12.8 Å². The van der Waals surface area contributed by atoms with Crippen LogP contribution in [0.3, 0.4) is 0 Å². The summed E-state index contributed by atoms with van der Waals surface area (Å²) in [6.07, 6.45) is 2.96. The number of imide groups is 1. The summed E-state index contributed by atoms with van der Waals surface area (Å²) < 4.78 is 0. The highest BCUT2D eigenvalue weighted by Crippen LogP contribution is 2.38. The van der Waals surface area contributed by atoms with Gasteiger partial charge in [0.05, 0.1) is 0 Å². The maximum atomic E-state index is 11.2. The number of piperidine rings is 2. The minimum Gasteiger partial charge on any atom is -0.481 e. The van der Waals surface area contributed by atoms with E-state index < -0.39 is 5.97 Å². The first-order valence-corrected chi connectivity index (χ1v) is 5.66. The molecule has 2 rings (SSSR count). The molecule has 0 aromatic heterocycles. The van der Waals surface area contributed by atoms with Gasteiger partial charge in [0.15, 0.2) is 0 Å². The van der Waals surface area contributed by atoms with Crippen LogP contribution in [-0.4, -0.2) is 36.0 Å². The van der Waals surface area contributed by atoms with E-state index in [1.54, 1.807) is 0 Å². The summed E-state index contributed by atoms with van der Waals surface area (Å²) >= 11 is 0. The Hall–Kier alpha value is -1.43. The molecular weight excluding hydrogens is 224 g/mol. The zero-order valence-electron chi connectivity index (χ0n) is 9.91. The lowest BCUT2D eigenvalue weighted by molar-refractivity contribution is -0.139. The van der Waals surface area contributed by atoms with Crippen LogP contribution in [-0.2, 0) is 14.4 Å². The fourth-order valence-electron chi connectivity index (χ4n) is 2.30. The van der Waals surface area contributed by atoms with Gasteiger partial charge in [0.1, 0.15) is 0 Å². The van der Waals surface area contributed by atoms with E-state index in [4.69, 9.17) is 9.90 Å². The number of nitrogens with one attached hydrogen (secondary N) is 2. The third-order valence-electron chi connectivity index (χ3n) is 3.01. The van der Waals surface area contributed by atoms with E-state index in [0.717, 1.165) is 32.9 Å². The Kier molecular flexibility index (Phi) is 4.62. The summed E-state index contributed by atoms with van der Waals surface area (Å²) in [6, 6.07) is 0. The SMILES string of the molecule is CC(=O)O.O=C1CC2(CCNCC2)CC(=O)N1. The number of aliphatic carboxylic acids is 1. The molecule has 0 aliphatic carbocycles. The molecule has 6 heteroatoms. The van der Waals surface area contributed by atoms with E-state index in [9.17, 15) is 9.59 Å². The normalized spacial score (nSPS) is 22.4. The highest BCUT2D eigenvalue weighted by molar-refractivity contribution is 5.98. The summed E-state index contributed by atoms with van der Waals surface area (Å²) in [4.78, 5) is 31.4. The van der Waals surface area contributed by atoms with Gasteiger partial charge in [0.25, 0.3) is 5.97 Å². The molecule has 96 valence electrons. The summed E-state index contributed by atoms with van der Waals surface area (Å²) in [5.74, 6) is -1.03. The predicted octanol–water partition coefficient (Wildman–Crippen LogP) is -0.116. The standard InChI is InChI=1S/C9H14N2O2.C2H4O2/c12-7-5-9(6-8(13)11-7)1-3-10-4-2-9;1-2(3)4/h10H,1-6H2,(H,11,12,13);1H3,(H,3,4). The van der Waals surface area contributed by atoms with Crippen LogP contribution in [0.2, 0.25) is 0 Å². The fourth-order valence-corrected chi connectivity index (χ4v) is 2.30. The van der Waals surface area contributed by atoms with Gasteiger partial charge in [-0.15, -0.1) is 0 Å². The number of carboxylic acid groups (broad SMARTS) is 1. The Balaban J connectivity index is 0.000000317. The van der Waals surface area contributed by atoms with Crippen molar-refractivity contribution in [2.75, 3.05) is 13.1 Å². The summed E-state index contributed by atoms with van der Waals surface area (Å²) in [5.41, 5.74) is -0.0231. The number of hydrogen-bond acceptors (Lipinski definition) is 4. The first kappa shape index (κ1) is 13.6. The molecule has 2 fully saturated rings. The zero-order chi connectivity index (χ0) is 12.9. The second kappa shape index (κ2) is 5.77. The smallest absolute Gasteiger partial charge is 0.300 e. The number of carbonyl (C=O) groups is 3. The molecule has 0 bridgehead atoms. The fraction of sp³-hybridized carbons (Fsp3) is 0.727. The second-order valence-corrected chi connectivity index (χ2v) is 4.59. The van der Waals surface area contributed by atoms with Crippen molar-refractivity contribution in [3.05, 3.63) is 0 Å². The minimum atomic E-state index is -0.833. The minimum absolute atomic E-state index is 0.0231. The lowest BCUT2D eigenvalue weighted by Crippen LogP contribution is -2.48. The van der Waals surface area contributed by atoms with Crippen molar-refractivity contribution in [1.29, 1.82) is 0 Å². The average Bonchev–Trinajstić information content (AvgIpc) is 2.15. The van der Waals surface area contributed by atoms with Crippen LogP contribution < -0.4 is 10.6 Å². The van der Waals surface area contributed by atoms with Crippen LogP contribution in [0.15, 0.2) is 0 Å². The molecule has 0 aromatic carbocycles. The van der Waals surface area contributed by atoms with Crippen LogP contribution in [0.1, 0.15) is 32.6 Å². The van der Waals surface area contributed by atoms with E-state index in [1.165, 1.54) is 0 Å². The maximum absolute atomic E-state index is 11.2. The molecule has 2 aliphatic rings. The molecule has 2 saturated heterocycles. The molecule has 2 heterocycles. The first-order chi connectivity index (χ1) is 7.93.